The highest BCUT2D eigenvalue weighted by Crippen LogP contribution is 2.20. The number of nitrogens with two attached hydrogens (primary N) is 1. The molecule has 1 saturated heterocycles. The molecule has 2 nitrogen and oxygen atoms in total. The van der Waals surface area contributed by atoms with Gasteiger partial charge in [-0.1, -0.05) is 38.9 Å². The van der Waals surface area contributed by atoms with Crippen LogP contribution in [-0.4, -0.2) is 29.0 Å². The van der Waals surface area contributed by atoms with E-state index in [-0.39, 0.29) is 0 Å². The molecule has 0 aromatic carbocycles. The van der Waals surface area contributed by atoms with Crippen molar-refractivity contribution in [2.45, 2.75) is 52.0 Å². The van der Waals surface area contributed by atoms with E-state index in [9.17, 15) is 0 Å². The largest absolute Gasteiger partial charge is 0.393 e. The molecule has 1 rings (SSSR count). The van der Waals surface area contributed by atoms with E-state index in [0.29, 0.717) is 10.9 Å². The molecule has 3 heteroatoms. The Balaban J connectivity index is 2.51. The Bertz CT molecular complexity index is 206. The molecule has 1 heterocycles. The van der Waals surface area contributed by atoms with Crippen LogP contribution < -0.4 is 5.73 Å². The van der Waals surface area contributed by atoms with Gasteiger partial charge in [0.05, 0.1) is 4.99 Å². The van der Waals surface area contributed by atoms with E-state index >= 15 is 0 Å². The summed E-state index contributed by atoms with van der Waals surface area (Å²) in [5.74, 6) is 0.354. The quantitative estimate of drug-likeness (QED) is 0.750. The first-order valence-electron chi connectivity index (χ1n) is 6.18. The average molecular weight is 228 g/mol. The summed E-state index contributed by atoms with van der Waals surface area (Å²) in [6, 6.07) is 0.754. The third-order valence-electron chi connectivity index (χ3n) is 3.46. The van der Waals surface area contributed by atoms with Crippen molar-refractivity contribution in [1.82, 2.24) is 4.90 Å². The SMILES string of the molecule is CCC1CCCCCN1CC(C)C(N)=S. The van der Waals surface area contributed by atoms with Crippen LogP contribution in [0.2, 0.25) is 0 Å². The number of hydrogen-bond acceptors (Lipinski definition) is 2. The predicted octanol–water partition coefficient (Wildman–Crippen LogP) is 2.56. The Morgan fingerprint density at radius 3 is 2.80 bits per heavy atom. The summed E-state index contributed by atoms with van der Waals surface area (Å²) in [6.07, 6.45) is 6.70. The van der Waals surface area contributed by atoms with Gasteiger partial charge in [-0.15, -0.1) is 0 Å². The molecule has 2 unspecified atom stereocenters. The van der Waals surface area contributed by atoms with E-state index < -0.39 is 0 Å². The van der Waals surface area contributed by atoms with Crippen LogP contribution in [0.15, 0.2) is 0 Å². The van der Waals surface area contributed by atoms with E-state index in [1.807, 2.05) is 0 Å². The van der Waals surface area contributed by atoms with Gasteiger partial charge >= 0.3 is 0 Å². The summed E-state index contributed by atoms with van der Waals surface area (Å²) in [4.78, 5) is 3.26. The number of nitrogens with zero attached hydrogens (tertiary/aromatic N) is 1. The lowest BCUT2D eigenvalue weighted by Gasteiger charge is -2.31. The van der Waals surface area contributed by atoms with Crippen molar-refractivity contribution in [2.75, 3.05) is 13.1 Å². The van der Waals surface area contributed by atoms with Gasteiger partial charge in [0.2, 0.25) is 0 Å². The highest BCUT2D eigenvalue weighted by Gasteiger charge is 2.21. The van der Waals surface area contributed by atoms with E-state index in [1.165, 1.54) is 38.6 Å². The maximum absolute atomic E-state index is 5.68. The zero-order chi connectivity index (χ0) is 11.3. The van der Waals surface area contributed by atoms with Crippen LogP contribution in [0, 0.1) is 5.92 Å². The molecular formula is C12H24N2S. The molecule has 0 radical (unpaired) electrons. The lowest BCUT2D eigenvalue weighted by Crippen LogP contribution is -2.40. The zero-order valence-corrected chi connectivity index (χ0v) is 10.9. The molecule has 0 saturated carbocycles. The second-order valence-corrected chi connectivity index (χ2v) is 5.18. The summed E-state index contributed by atoms with van der Waals surface area (Å²) in [6.45, 7) is 6.70. The summed E-state index contributed by atoms with van der Waals surface area (Å²) < 4.78 is 0. The topological polar surface area (TPSA) is 29.3 Å². The molecule has 88 valence electrons. The third kappa shape index (κ3) is 4.07. The van der Waals surface area contributed by atoms with Crippen molar-refractivity contribution >= 4 is 17.2 Å². The number of rotatable bonds is 4. The van der Waals surface area contributed by atoms with Crippen molar-refractivity contribution in [3.8, 4) is 0 Å². The second kappa shape index (κ2) is 6.44. The van der Waals surface area contributed by atoms with Crippen LogP contribution in [0.5, 0.6) is 0 Å². The summed E-state index contributed by atoms with van der Waals surface area (Å²) in [5, 5.41) is 0. The third-order valence-corrected chi connectivity index (χ3v) is 3.87. The smallest absolute Gasteiger partial charge is 0.0768 e. The minimum absolute atomic E-state index is 0.354. The molecule has 0 amide bonds. The Morgan fingerprint density at radius 2 is 2.20 bits per heavy atom. The van der Waals surface area contributed by atoms with Gasteiger partial charge in [-0.2, -0.15) is 0 Å². The van der Waals surface area contributed by atoms with Crippen LogP contribution in [0.3, 0.4) is 0 Å². The first-order valence-corrected chi connectivity index (χ1v) is 6.59. The van der Waals surface area contributed by atoms with Crippen molar-refractivity contribution in [3.05, 3.63) is 0 Å². The van der Waals surface area contributed by atoms with E-state index in [0.717, 1.165) is 12.6 Å². The van der Waals surface area contributed by atoms with E-state index in [4.69, 9.17) is 18.0 Å². The molecule has 1 aliphatic rings. The van der Waals surface area contributed by atoms with Gasteiger partial charge in [-0.05, 0) is 25.8 Å². The van der Waals surface area contributed by atoms with Gasteiger partial charge in [-0.25, -0.2) is 0 Å². The minimum Gasteiger partial charge on any atom is -0.393 e. The molecule has 1 fully saturated rings. The van der Waals surface area contributed by atoms with Crippen molar-refractivity contribution in [2.24, 2.45) is 11.7 Å². The molecule has 0 spiro atoms. The number of hydrogen-bond donors (Lipinski definition) is 1. The molecule has 0 aliphatic carbocycles. The lowest BCUT2D eigenvalue weighted by molar-refractivity contribution is 0.184. The highest BCUT2D eigenvalue weighted by atomic mass is 32.1. The molecule has 0 aromatic rings. The molecule has 15 heavy (non-hydrogen) atoms. The first kappa shape index (κ1) is 12.9. The second-order valence-electron chi connectivity index (χ2n) is 4.71. The standard InChI is InChI=1S/C12H24N2S/c1-3-11-7-5-4-6-8-14(11)9-10(2)12(13)15/h10-11H,3-9H2,1-2H3,(H2,13,15). The molecule has 0 aromatic heterocycles. The van der Waals surface area contributed by atoms with E-state index in [2.05, 4.69) is 18.7 Å². The highest BCUT2D eigenvalue weighted by molar-refractivity contribution is 7.80. The fraction of sp³-hybridized carbons (Fsp3) is 0.917. The van der Waals surface area contributed by atoms with Gasteiger partial charge < -0.3 is 5.73 Å². The Morgan fingerprint density at radius 1 is 1.47 bits per heavy atom. The monoisotopic (exact) mass is 228 g/mol. The molecule has 2 atom stereocenters. The summed E-state index contributed by atoms with van der Waals surface area (Å²) in [5.41, 5.74) is 5.68. The number of thiocarbonyl (C=S) groups is 1. The maximum Gasteiger partial charge on any atom is 0.0768 e. The predicted molar refractivity (Wildman–Crippen MR) is 70.1 cm³/mol. The van der Waals surface area contributed by atoms with Gasteiger partial charge in [0.25, 0.3) is 0 Å². The Labute approximate surface area is 99.2 Å². The van der Waals surface area contributed by atoms with Crippen LogP contribution in [0.25, 0.3) is 0 Å². The first-order chi connectivity index (χ1) is 7.15. The Kier molecular flexibility index (Phi) is 5.54. The zero-order valence-electron chi connectivity index (χ0n) is 10.0. The van der Waals surface area contributed by atoms with Crippen LogP contribution in [0.1, 0.15) is 46.0 Å². The average Bonchev–Trinajstić information content (AvgIpc) is 2.42. The molecule has 1 aliphatic heterocycles. The van der Waals surface area contributed by atoms with Gasteiger partial charge in [0, 0.05) is 18.5 Å². The fourth-order valence-corrected chi connectivity index (χ4v) is 2.46. The fourth-order valence-electron chi connectivity index (χ4n) is 2.38. The molecular weight excluding hydrogens is 204 g/mol. The Hall–Kier alpha value is -0.150. The minimum atomic E-state index is 0.354. The van der Waals surface area contributed by atoms with Crippen LogP contribution in [-0.2, 0) is 0 Å². The van der Waals surface area contributed by atoms with Crippen LogP contribution in [0.4, 0.5) is 0 Å². The van der Waals surface area contributed by atoms with Crippen molar-refractivity contribution < 1.29 is 0 Å². The summed E-state index contributed by atoms with van der Waals surface area (Å²) in [7, 11) is 0. The number of likely N-dealkylation sites (tertiary alicyclic amines) is 1. The molecule has 0 bridgehead atoms. The van der Waals surface area contributed by atoms with E-state index in [1.54, 1.807) is 0 Å². The van der Waals surface area contributed by atoms with Crippen molar-refractivity contribution in [3.63, 3.8) is 0 Å². The molecule has 2 N–H and O–H groups in total. The van der Waals surface area contributed by atoms with Gasteiger partial charge in [0.15, 0.2) is 0 Å². The maximum atomic E-state index is 5.68. The normalized spacial score (nSPS) is 25.9. The van der Waals surface area contributed by atoms with Crippen molar-refractivity contribution in [1.29, 1.82) is 0 Å². The lowest BCUT2D eigenvalue weighted by atomic mass is 10.1. The summed E-state index contributed by atoms with van der Waals surface area (Å²) >= 11 is 5.05. The van der Waals surface area contributed by atoms with Gasteiger partial charge in [0.1, 0.15) is 0 Å². The van der Waals surface area contributed by atoms with Crippen LogP contribution >= 0.6 is 12.2 Å². The van der Waals surface area contributed by atoms with Gasteiger partial charge in [-0.3, -0.25) is 4.90 Å².